The van der Waals surface area contributed by atoms with Crippen LogP contribution in [0.5, 0.6) is 0 Å². The Labute approximate surface area is 110 Å². The van der Waals surface area contributed by atoms with Crippen LogP contribution in [0.25, 0.3) is 11.0 Å². The number of hydrogen-bond acceptors (Lipinski definition) is 3. The number of thioether (sulfide) groups is 1. The van der Waals surface area contributed by atoms with E-state index in [0.29, 0.717) is 11.3 Å². The highest BCUT2D eigenvalue weighted by atomic mass is 35.5. The van der Waals surface area contributed by atoms with E-state index in [9.17, 15) is 0 Å². The first kappa shape index (κ1) is 11.5. The first-order valence-corrected chi connectivity index (χ1v) is 7.35. The Balaban J connectivity index is 1.81. The van der Waals surface area contributed by atoms with Crippen LogP contribution in [-0.2, 0) is 6.54 Å². The lowest BCUT2D eigenvalue weighted by molar-refractivity contribution is 0.550. The molecule has 1 aliphatic rings. The van der Waals surface area contributed by atoms with Gasteiger partial charge in [-0.05, 0) is 29.8 Å². The molecule has 1 aromatic carbocycles. The van der Waals surface area contributed by atoms with Gasteiger partial charge < -0.3 is 9.73 Å². The zero-order valence-electron chi connectivity index (χ0n) is 9.41. The number of furan rings is 1. The topological polar surface area (TPSA) is 25.2 Å². The van der Waals surface area contributed by atoms with Crippen molar-refractivity contribution < 1.29 is 4.42 Å². The van der Waals surface area contributed by atoms with Gasteiger partial charge in [0.2, 0.25) is 0 Å². The molecule has 3 rings (SSSR count). The fourth-order valence-electron chi connectivity index (χ4n) is 2.18. The van der Waals surface area contributed by atoms with E-state index >= 15 is 0 Å². The van der Waals surface area contributed by atoms with Crippen LogP contribution in [0.3, 0.4) is 0 Å². The van der Waals surface area contributed by atoms with E-state index in [2.05, 4.69) is 11.4 Å². The van der Waals surface area contributed by atoms with Gasteiger partial charge in [-0.15, -0.1) is 0 Å². The third-order valence-corrected chi connectivity index (χ3v) is 4.61. The van der Waals surface area contributed by atoms with Gasteiger partial charge in [-0.3, -0.25) is 0 Å². The molecule has 0 amide bonds. The summed E-state index contributed by atoms with van der Waals surface area (Å²) in [6.45, 7) is 0.793. The number of nitrogens with one attached hydrogen (secondary N) is 1. The standard InChI is InChI=1S/C13H14ClNOS/c14-13-11(7-15-9-5-6-17-8-9)10-3-1-2-4-12(10)16-13/h1-4,9,15H,5-8H2. The van der Waals surface area contributed by atoms with Gasteiger partial charge in [-0.25, -0.2) is 0 Å². The minimum absolute atomic E-state index is 0.518. The molecule has 2 heterocycles. The quantitative estimate of drug-likeness (QED) is 0.918. The molecule has 0 radical (unpaired) electrons. The fraction of sp³-hybridized carbons (Fsp3) is 0.385. The minimum atomic E-state index is 0.518. The molecule has 2 aromatic rings. The van der Waals surface area contributed by atoms with Crippen LogP contribution >= 0.6 is 23.4 Å². The average molecular weight is 268 g/mol. The van der Waals surface area contributed by atoms with E-state index in [-0.39, 0.29) is 0 Å². The first-order chi connectivity index (χ1) is 8.34. The van der Waals surface area contributed by atoms with Gasteiger partial charge in [-0.2, -0.15) is 11.8 Å². The molecule has 0 bridgehead atoms. The molecule has 0 aliphatic carbocycles. The molecule has 1 aromatic heterocycles. The molecular formula is C13H14ClNOS. The number of rotatable bonds is 3. The summed E-state index contributed by atoms with van der Waals surface area (Å²) in [7, 11) is 0. The number of fused-ring (bicyclic) bond motifs is 1. The van der Waals surface area contributed by atoms with Crippen molar-refractivity contribution in [3.05, 3.63) is 35.0 Å². The Morgan fingerprint density at radius 3 is 3.12 bits per heavy atom. The Hall–Kier alpha value is -0.640. The van der Waals surface area contributed by atoms with Gasteiger partial charge in [0.15, 0.2) is 5.22 Å². The second kappa shape index (κ2) is 4.92. The zero-order chi connectivity index (χ0) is 11.7. The molecule has 1 aliphatic heterocycles. The van der Waals surface area contributed by atoms with E-state index in [1.807, 2.05) is 30.0 Å². The largest absolute Gasteiger partial charge is 0.444 e. The van der Waals surface area contributed by atoms with Gasteiger partial charge in [0, 0.05) is 29.3 Å². The highest BCUT2D eigenvalue weighted by Gasteiger charge is 2.17. The number of benzene rings is 1. The predicted octanol–water partition coefficient (Wildman–Crippen LogP) is 3.68. The molecule has 1 fully saturated rings. The molecule has 1 atom stereocenters. The summed E-state index contributed by atoms with van der Waals surface area (Å²) in [5.74, 6) is 2.46. The average Bonchev–Trinajstić information content (AvgIpc) is 2.93. The number of halogens is 1. The third-order valence-electron chi connectivity index (χ3n) is 3.15. The number of para-hydroxylation sites is 1. The van der Waals surface area contributed by atoms with Crippen molar-refractivity contribution in [1.82, 2.24) is 5.32 Å². The first-order valence-electron chi connectivity index (χ1n) is 5.81. The Bertz CT molecular complexity index is 519. The summed E-state index contributed by atoms with van der Waals surface area (Å²) in [5.41, 5.74) is 1.95. The second-order valence-corrected chi connectivity index (χ2v) is 5.79. The summed E-state index contributed by atoms with van der Waals surface area (Å²) in [5, 5.41) is 5.19. The summed E-state index contributed by atoms with van der Waals surface area (Å²) in [6, 6.07) is 8.61. The van der Waals surface area contributed by atoms with Crippen molar-refractivity contribution in [2.45, 2.75) is 19.0 Å². The zero-order valence-corrected chi connectivity index (χ0v) is 11.0. The molecule has 0 spiro atoms. The lowest BCUT2D eigenvalue weighted by atomic mass is 10.1. The highest BCUT2D eigenvalue weighted by molar-refractivity contribution is 7.99. The lowest BCUT2D eigenvalue weighted by Gasteiger charge is -2.10. The molecule has 90 valence electrons. The maximum absolute atomic E-state index is 6.14. The normalized spacial score (nSPS) is 20.2. The van der Waals surface area contributed by atoms with Gasteiger partial charge in [0.1, 0.15) is 5.58 Å². The molecule has 1 unspecified atom stereocenters. The highest BCUT2D eigenvalue weighted by Crippen LogP contribution is 2.29. The molecule has 1 N–H and O–H groups in total. The van der Waals surface area contributed by atoms with Gasteiger partial charge >= 0.3 is 0 Å². The van der Waals surface area contributed by atoms with Crippen molar-refractivity contribution in [2.75, 3.05) is 11.5 Å². The van der Waals surface area contributed by atoms with Crippen molar-refractivity contribution >= 4 is 34.3 Å². The van der Waals surface area contributed by atoms with Crippen molar-refractivity contribution in [3.63, 3.8) is 0 Å². The molecular weight excluding hydrogens is 254 g/mol. The van der Waals surface area contributed by atoms with Gasteiger partial charge in [-0.1, -0.05) is 18.2 Å². The SMILES string of the molecule is Clc1oc2ccccc2c1CNC1CCSC1. The van der Waals surface area contributed by atoms with Crippen LogP contribution in [0, 0.1) is 0 Å². The van der Waals surface area contributed by atoms with E-state index in [1.54, 1.807) is 0 Å². The third kappa shape index (κ3) is 2.32. The lowest BCUT2D eigenvalue weighted by Crippen LogP contribution is -2.27. The predicted molar refractivity (Wildman–Crippen MR) is 73.8 cm³/mol. The minimum Gasteiger partial charge on any atom is -0.444 e. The van der Waals surface area contributed by atoms with Crippen molar-refractivity contribution in [1.29, 1.82) is 0 Å². The fourth-order valence-corrected chi connectivity index (χ4v) is 3.61. The van der Waals surface area contributed by atoms with Crippen LogP contribution in [0.4, 0.5) is 0 Å². The van der Waals surface area contributed by atoms with Crippen LogP contribution in [0.15, 0.2) is 28.7 Å². The van der Waals surface area contributed by atoms with Crippen LogP contribution in [-0.4, -0.2) is 17.5 Å². The van der Waals surface area contributed by atoms with Gasteiger partial charge in [0.25, 0.3) is 0 Å². The van der Waals surface area contributed by atoms with E-state index < -0.39 is 0 Å². The van der Waals surface area contributed by atoms with Crippen LogP contribution in [0.1, 0.15) is 12.0 Å². The van der Waals surface area contributed by atoms with Crippen molar-refractivity contribution in [3.8, 4) is 0 Å². The van der Waals surface area contributed by atoms with E-state index in [1.165, 1.54) is 17.9 Å². The van der Waals surface area contributed by atoms with Gasteiger partial charge in [0.05, 0.1) is 0 Å². The Morgan fingerprint density at radius 1 is 1.41 bits per heavy atom. The molecule has 4 heteroatoms. The number of hydrogen-bond donors (Lipinski definition) is 1. The summed E-state index contributed by atoms with van der Waals surface area (Å²) < 4.78 is 5.53. The second-order valence-electron chi connectivity index (χ2n) is 4.29. The Kier molecular flexibility index (Phi) is 3.32. The maximum atomic E-state index is 6.14. The summed E-state index contributed by atoms with van der Waals surface area (Å²) in [6.07, 6.45) is 1.25. The van der Waals surface area contributed by atoms with Crippen molar-refractivity contribution in [2.24, 2.45) is 0 Å². The summed E-state index contributed by atoms with van der Waals surface area (Å²) >= 11 is 8.15. The Morgan fingerprint density at radius 2 is 2.29 bits per heavy atom. The molecule has 17 heavy (non-hydrogen) atoms. The van der Waals surface area contributed by atoms with Crippen LogP contribution < -0.4 is 5.32 Å². The summed E-state index contributed by atoms with van der Waals surface area (Å²) in [4.78, 5) is 0. The van der Waals surface area contributed by atoms with E-state index in [0.717, 1.165) is 23.1 Å². The maximum Gasteiger partial charge on any atom is 0.199 e. The van der Waals surface area contributed by atoms with Crippen LogP contribution in [0.2, 0.25) is 5.22 Å². The molecule has 2 nitrogen and oxygen atoms in total. The van der Waals surface area contributed by atoms with E-state index in [4.69, 9.17) is 16.0 Å². The molecule has 1 saturated heterocycles. The smallest absolute Gasteiger partial charge is 0.199 e. The monoisotopic (exact) mass is 267 g/mol. The molecule has 0 saturated carbocycles.